The molecule has 1 heterocycles. The summed E-state index contributed by atoms with van der Waals surface area (Å²) >= 11 is 0. The van der Waals surface area contributed by atoms with E-state index in [-0.39, 0.29) is 5.54 Å². The molecule has 3 rings (SSSR count). The highest BCUT2D eigenvalue weighted by atomic mass is 16.2. The van der Waals surface area contributed by atoms with Crippen LogP contribution in [0.25, 0.3) is 0 Å². The highest BCUT2D eigenvalue weighted by Gasteiger charge is 2.54. The first-order chi connectivity index (χ1) is 9.66. The quantitative estimate of drug-likeness (QED) is 0.856. The van der Waals surface area contributed by atoms with Crippen molar-refractivity contribution in [2.24, 2.45) is 11.8 Å². The summed E-state index contributed by atoms with van der Waals surface area (Å²) in [5, 5.41) is 3.81. The van der Waals surface area contributed by atoms with E-state index in [1.165, 1.54) is 38.5 Å². The Balaban J connectivity index is 1.79. The zero-order valence-electron chi connectivity index (χ0n) is 13.2. The lowest BCUT2D eigenvalue weighted by atomic mass is 9.97. The van der Waals surface area contributed by atoms with Crippen molar-refractivity contribution in [3.05, 3.63) is 0 Å². The van der Waals surface area contributed by atoms with E-state index in [2.05, 4.69) is 24.1 Å². The van der Waals surface area contributed by atoms with Gasteiger partial charge in [-0.2, -0.15) is 0 Å². The summed E-state index contributed by atoms with van der Waals surface area (Å²) in [6, 6.07) is 0. The van der Waals surface area contributed by atoms with Gasteiger partial charge >= 0.3 is 0 Å². The summed E-state index contributed by atoms with van der Waals surface area (Å²) in [6.45, 7) is 5.46. The topological polar surface area (TPSA) is 32.3 Å². The largest absolute Gasteiger partial charge is 0.325 e. The van der Waals surface area contributed by atoms with E-state index < -0.39 is 0 Å². The summed E-state index contributed by atoms with van der Waals surface area (Å²) < 4.78 is 0. The summed E-state index contributed by atoms with van der Waals surface area (Å²) in [6.07, 6.45) is 11.3. The first-order valence-electron chi connectivity index (χ1n) is 8.75. The minimum atomic E-state index is -0.180. The van der Waals surface area contributed by atoms with Crippen LogP contribution in [-0.4, -0.2) is 29.1 Å². The van der Waals surface area contributed by atoms with Gasteiger partial charge in [-0.15, -0.1) is 0 Å². The Morgan fingerprint density at radius 2 is 1.90 bits per heavy atom. The molecule has 1 amide bonds. The maximum Gasteiger partial charge on any atom is 0.244 e. The first kappa shape index (κ1) is 14.4. The van der Waals surface area contributed by atoms with Crippen molar-refractivity contribution < 1.29 is 4.79 Å². The molecule has 1 saturated heterocycles. The normalized spacial score (nSPS) is 31.6. The second-order valence-electron chi connectivity index (χ2n) is 7.39. The van der Waals surface area contributed by atoms with Crippen LogP contribution in [0.1, 0.15) is 71.6 Å². The van der Waals surface area contributed by atoms with Crippen molar-refractivity contribution in [2.45, 2.75) is 83.3 Å². The third kappa shape index (κ3) is 2.38. The van der Waals surface area contributed by atoms with E-state index in [0.29, 0.717) is 23.9 Å². The molecule has 2 unspecified atom stereocenters. The highest BCUT2D eigenvalue weighted by molar-refractivity contribution is 5.89. The van der Waals surface area contributed by atoms with Gasteiger partial charge in [0.05, 0.1) is 11.7 Å². The fraction of sp³-hybridized carbons (Fsp3) is 0.941. The van der Waals surface area contributed by atoms with Crippen LogP contribution in [0.15, 0.2) is 0 Å². The van der Waals surface area contributed by atoms with Crippen LogP contribution in [0.5, 0.6) is 0 Å². The third-order valence-corrected chi connectivity index (χ3v) is 5.94. The van der Waals surface area contributed by atoms with Gasteiger partial charge in [-0.05, 0) is 37.5 Å². The van der Waals surface area contributed by atoms with E-state index in [1.807, 2.05) is 0 Å². The molecule has 0 radical (unpaired) electrons. The summed E-state index contributed by atoms with van der Waals surface area (Å²) in [5.74, 6) is 1.73. The number of carbonyl (C=O) groups excluding carboxylic acids is 1. The van der Waals surface area contributed by atoms with Gasteiger partial charge in [0, 0.05) is 6.54 Å². The predicted octanol–water partition coefficient (Wildman–Crippen LogP) is 3.29. The zero-order chi connectivity index (χ0) is 14.2. The number of nitrogens with zero attached hydrogens (tertiary/aromatic N) is 1. The maximum atomic E-state index is 13.0. The smallest absolute Gasteiger partial charge is 0.244 e. The summed E-state index contributed by atoms with van der Waals surface area (Å²) in [5.41, 5.74) is -0.180. The van der Waals surface area contributed by atoms with Crippen LogP contribution in [0.2, 0.25) is 0 Å². The SMILES string of the molecule is CCC(C)CN1C(=O)C2(CCCC2)NC1C1CCCC1. The van der Waals surface area contributed by atoms with Crippen LogP contribution in [0.4, 0.5) is 0 Å². The number of nitrogens with one attached hydrogen (secondary N) is 1. The Kier molecular flexibility index (Phi) is 4.07. The van der Waals surface area contributed by atoms with Gasteiger partial charge in [0.2, 0.25) is 5.91 Å². The molecule has 0 bridgehead atoms. The van der Waals surface area contributed by atoms with E-state index in [0.717, 1.165) is 25.8 Å². The van der Waals surface area contributed by atoms with E-state index in [9.17, 15) is 4.79 Å². The molecular weight excluding hydrogens is 248 g/mol. The molecule has 0 aromatic rings. The zero-order valence-corrected chi connectivity index (χ0v) is 13.2. The molecule has 3 aliphatic rings. The molecule has 3 fully saturated rings. The molecule has 2 aliphatic carbocycles. The van der Waals surface area contributed by atoms with Crippen molar-refractivity contribution in [2.75, 3.05) is 6.54 Å². The van der Waals surface area contributed by atoms with Crippen LogP contribution in [-0.2, 0) is 4.79 Å². The van der Waals surface area contributed by atoms with E-state index >= 15 is 0 Å². The molecule has 0 aromatic carbocycles. The molecule has 0 aromatic heterocycles. The minimum Gasteiger partial charge on any atom is -0.325 e. The van der Waals surface area contributed by atoms with Crippen LogP contribution in [0.3, 0.4) is 0 Å². The molecule has 2 saturated carbocycles. The number of hydrogen-bond acceptors (Lipinski definition) is 2. The third-order valence-electron chi connectivity index (χ3n) is 5.94. The summed E-state index contributed by atoms with van der Waals surface area (Å²) in [4.78, 5) is 15.2. The van der Waals surface area contributed by atoms with Crippen molar-refractivity contribution in [1.29, 1.82) is 0 Å². The molecule has 2 atom stereocenters. The highest BCUT2D eigenvalue weighted by Crippen LogP contribution is 2.41. The lowest BCUT2D eigenvalue weighted by Crippen LogP contribution is -2.46. The Morgan fingerprint density at radius 1 is 1.25 bits per heavy atom. The number of carbonyl (C=O) groups is 1. The lowest BCUT2D eigenvalue weighted by molar-refractivity contribution is -0.134. The van der Waals surface area contributed by atoms with Crippen molar-refractivity contribution >= 4 is 5.91 Å². The Bertz CT molecular complexity index is 356. The standard InChI is InChI=1S/C17H30N2O/c1-3-13(2)12-19-15(14-8-4-5-9-14)18-17(16(19)20)10-6-7-11-17/h13-15,18H,3-12H2,1-2H3. The maximum absolute atomic E-state index is 13.0. The van der Waals surface area contributed by atoms with Gasteiger partial charge in [-0.25, -0.2) is 0 Å². The average Bonchev–Trinajstić information content (AvgIpc) is 3.16. The van der Waals surface area contributed by atoms with Gasteiger partial charge in [-0.3, -0.25) is 10.1 Å². The molecule has 1 spiro atoms. The van der Waals surface area contributed by atoms with Gasteiger partial charge in [-0.1, -0.05) is 46.0 Å². The van der Waals surface area contributed by atoms with E-state index in [4.69, 9.17) is 0 Å². The van der Waals surface area contributed by atoms with Crippen LogP contribution >= 0.6 is 0 Å². The molecule has 20 heavy (non-hydrogen) atoms. The predicted molar refractivity (Wildman–Crippen MR) is 81.2 cm³/mol. The van der Waals surface area contributed by atoms with E-state index in [1.54, 1.807) is 0 Å². The molecule has 1 aliphatic heterocycles. The van der Waals surface area contributed by atoms with Crippen LogP contribution < -0.4 is 5.32 Å². The molecule has 1 N–H and O–H groups in total. The van der Waals surface area contributed by atoms with Crippen molar-refractivity contribution in [3.63, 3.8) is 0 Å². The monoisotopic (exact) mass is 278 g/mol. The summed E-state index contributed by atoms with van der Waals surface area (Å²) in [7, 11) is 0. The van der Waals surface area contributed by atoms with Crippen LogP contribution in [0, 0.1) is 11.8 Å². The second-order valence-corrected chi connectivity index (χ2v) is 7.39. The number of rotatable bonds is 4. The molecule has 3 nitrogen and oxygen atoms in total. The first-order valence-corrected chi connectivity index (χ1v) is 8.75. The van der Waals surface area contributed by atoms with Gasteiger partial charge < -0.3 is 4.90 Å². The fourth-order valence-corrected chi connectivity index (χ4v) is 4.47. The van der Waals surface area contributed by atoms with Crippen molar-refractivity contribution in [3.8, 4) is 0 Å². The van der Waals surface area contributed by atoms with Gasteiger partial charge in [0.1, 0.15) is 0 Å². The molecule has 114 valence electrons. The Morgan fingerprint density at radius 3 is 2.50 bits per heavy atom. The molecule has 3 heteroatoms. The van der Waals surface area contributed by atoms with Gasteiger partial charge in [0.25, 0.3) is 0 Å². The lowest BCUT2D eigenvalue weighted by Gasteiger charge is -2.30. The number of hydrogen-bond donors (Lipinski definition) is 1. The Hall–Kier alpha value is -0.570. The Labute approximate surface area is 123 Å². The number of amides is 1. The molecular formula is C17H30N2O. The average molecular weight is 278 g/mol. The fourth-order valence-electron chi connectivity index (χ4n) is 4.47. The van der Waals surface area contributed by atoms with Crippen molar-refractivity contribution in [1.82, 2.24) is 10.2 Å². The van der Waals surface area contributed by atoms with Gasteiger partial charge in [0.15, 0.2) is 0 Å². The minimum absolute atomic E-state index is 0.180. The second kappa shape index (κ2) is 5.67.